The summed E-state index contributed by atoms with van der Waals surface area (Å²) in [4.78, 5) is 6.34. The Hall–Kier alpha value is -0.470. The van der Waals surface area contributed by atoms with Crippen molar-refractivity contribution in [2.75, 3.05) is 18.0 Å². The molecule has 0 bridgehead atoms. The lowest BCUT2D eigenvalue weighted by Gasteiger charge is -2.38. The number of rotatable bonds is 1. The topological polar surface area (TPSA) is 16.1 Å². The van der Waals surface area contributed by atoms with Crippen LogP contribution in [0.4, 0.5) is 5.69 Å². The summed E-state index contributed by atoms with van der Waals surface area (Å²) in [6.45, 7) is 2.23. The lowest BCUT2D eigenvalue weighted by atomic mass is 9.68. The summed E-state index contributed by atoms with van der Waals surface area (Å²) < 4.78 is 0. The van der Waals surface area contributed by atoms with Gasteiger partial charge in [-0.15, -0.1) is 0 Å². The maximum atomic E-state index is 6.17. The first kappa shape index (κ1) is 10.7. The third kappa shape index (κ3) is 1.68. The van der Waals surface area contributed by atoms with E-state index in [1.54, 1.807) is 6.20 Å². The SMILES string of the molecule is Clc1cc(N2CCC3(CCC3)C2)c(Cl)cn1. The molecule has 0 amide bonds. The van der Waals surface area contributed by atoms with Crippen LogP contribution in [-0.2, 0) is 0 Å². The Bertz CT molecular complexity index is 415. The molecule has 0 unspecified atom stereocenters. The lowest BCUT2D eigenvalue weighted by molar-refractivity contribution is 0.165. The normalized spacial score (nSPS) is 22.5. The smallest absolute Gasteiger partial charge is 0.131 e. The Labute approximate surface area is 106 Å². The van der Waals surface area contributed by atoms with Crippen molar-refractivity contribution in [1.29, 1.82) is 0 Å². The van der Waals surface area contributed by atoms with Crippen LogP contribution in [-0.4, -0.2) is 18.1 Å². The molecule has 1 spiro atoms. The van der Waals surface area contributed by atoms with Crippen LogP contribution in [0.2, 0.25) is 10.2 Å². The maximum Gasteiger partial charge on any atom is 0.131 e. The van der Waals surface area contributed by atoms with Crippen molar-refractivity contribution in [3.05, 3.63) is 22.4 Å². The highest BCUT2D eigenvalue weighted by atomic mass is 35.5. The van der Waals surface area contributed by atoms with E-state index >= 15 is 0 Å². The van der Waals surface area contributed by atoms with E-state index in [9.17, 15) is 0 Å². The molecule has 2 heterocycles. The Kier molecular flexibility index (Phi) is 2.52. The molecule has 1 aromatic rings. The van der Waals surface area contributed by atoms with Gasteiger partial charge in [0, 0.05) is 25.4 Å². The monoisotopic (exact) mass is 256 g/mol. The summed E-state index contributed by atoms with van der Waals surface area (Å²) in [5.41, 5.74) is 1.63. The van der Waals surface area contributed by atoms with Gasteiger partial charge in [0.25, 0.3) is 0 Å². The van der Waals surface area contributed by atoms with Crippen molar-refractivity contribution >= 4 is 28.9 Å². The number of hydrogen-bond donors (Lipinski definition) is 0. The van der Waals surface area contributed by atoms with E-state index in [2.05, 4.69) is 9.88 Å². The Morgan fingerprint density at radius 2 is 2.06 bits per heavy atom. The number of hydrogen-bond acceptors (Lipinski definition) is 2. The highest BCUT2D eigenvalue weighted by Gasteiger charge is 2.43. The highest BCUT2D eigenvalue weighted by molar-refractivity contribution is 6.34. The quantitative estimate of drug-likeness (QED) is 0.712. The van der Waals surface area contributed by atoms with Gasteiger partial charge in [0.05, 0.1) is 10.7 Å². The highest BCUT2D eigenvalue weighted by Crippen LogP contribution is 2.49. The molecule has 0 radical (unpaired) electrons. The molecule has 2 nitrogen and oxygen atoms in total. The van der Waals surface area contributed by atoms with E-state index < -0.39 is 0 Å². The molecule has 0 aromatic carbocycles. The summed E-state index contributed by atoms with van der Waals surface area (Å²) >= 11 is 12.1. The van der Waals surface area contributed by atoms with E-state index in [4.69, 9.17) is 23.2 Å². The predicted octanol–water partition coefficient (Wildman–Crippen LogP) is 3.77. The Morgan fingerprint density at radius 1 is 1.25 bits per heavy atom. The minimum Gasteiger partial charge on any atom is -0.370 e. The van der Waals surface area contributed by atoms with Crippen molar-refractivity contribution in [1.82, 2.24) is 4.98 Å². The van der Waals surface area contributed by atoms with Gasteiger partial charge >= 0.3 is 0 Å². The van der Waals surface area contributed by atoms with Crippen molar-refractivity contribution < 1.29 is 0 Å². The molecule has 0 atom stereocenters. The average molecular weight is 257 g/mol. The molecular weight excluding hydrogens is 243 g/mol. The second kappa shape index (κ2) is 3.78. The van der Waals surface area contributed by atoms with Crippen molar-refractivity contribution in [3.63, 3.8) is 0 Å². The molecule has 1 saturated carbocycles. The fraction of sp³-hybridized carbons (Fsp3) is 0.583. The zero-order chi connectivity index (χ0) is 11.2. The summed E-state index contributed by atoms with van der Waals surface area (Å²) in [6, 6.07) is 1.88. The van der Waals surface area contributed by atoms with Crippen LogP contribution in [0, 0.1) is 5.41 Å². The third-order valence-corrected chi connectivity index (χ3v) is 4.49. The van der Waals surface area contributed by atoms with Crippen LogP contribution in [0.25, 0.3) is 0 Å². The molecule has 2 aliphatic rings. The minimum atomic E-state index is 0.522. The number of pyridine rings is 1. The molecule has 4 heteroatoms. The summed E-state index contributed by atoms with van der Waals surface area (Å²) in [5, 5.41) is 1.23. The fourth-order valence-corrected chi connectivity index (χ4v) is 3.25. The van der Waals surface area contributed by atoms with Gasteiger partial charge in [-0.3, -0.25) is 0 Å². The Balaban J connectivity index is 1.85. The molecular formula is C12H14Cl2N2. The maximum absolute atomic E-state index is 6.17. The number of aromatic nitrogens is 1. The largest absolute Gasteiger partial charge is 0.370 e. The first-order valence-electron chi connectivity index (χ1n) is 5.75. The summed E-state index contributed by atoms with van der Waals surface area (Å²) in [6.07, 6.45) is 7.08. The molecule has 1 aromatic heterocycles. The molecule has 86 valence electrons. The van der Waals surface area contributed by atoms with Crippen LogP contribution in [0.5, 0.6) is 0 Å². The van der Waals surface area contributed by atoms with Crippen LogP contribution in [0.3, 0.4) is 0 Å². The van der Waals surface area contributed by atoms with E-state index in [1.807, 2.05) is 6.07 Å². The standard InChI is InChI=1S/C12H14Cl2N2/c13-9-7-15-11(14)6-10(9)16-5-4-12(8-16)2-1-3-12/h6-7H,1-5,8H2. The van der Waals surface area contributed by atoms with Gasteiger partial charge in [-0.1, -0.05) is 29.6 Å². The number of nitrogens with zero attached hydrogens (tertiary/aromatic N) is 2. The Morgan fingerprint density at radius 3 is 2.69 bits per heavy atom. The van der Waals surface area contributed by atoms with Gasteiger partial charge in [-0.25, -0.2) is 4.98 Å². The second-order valence-electron chi connectivity index (χ2n) is 4.98. The van der Waals surface area contributed by atoms with Crippen LogP contribution in [0.15, 0.2) is 12.3 Å². The number of anilines is 1. The molecule has 1 aliphatic heterocycles. The third-order valence-electron chi connectivity index (χ3n) is 3.99. The molecule has 0 N–H and O–H groups in total. The van der Waals surface area contributed by atoms with Gasteiger partial charge in [-0.05, 0) is 24.7 Å². The molecule has 16 heavy (non-hydrogen) atoms. The van der Waals surface area contributed by atoms with Crippen molar-refractivity contribution in [3.8, 4) is 0 Å². The van der Waals surface area contributed by atoms with Gasteiger partial charge < -0.3 is 4.90 Å². The van der Waals surface area contributed by atoms with Crippen LogP contribution >= 0.6 is 23.2 Å². The summed E-state index contributed by atoms with van der Waals surface area (Å²) in [7, 11) is 0. The predicted molar refractivity (Wildman–Crippen MR) is 67.4 cm³/mol. The zero-order valence-corrected chi connectivity index (χ0v) is 10.6. The van der Waals surface area contributed by atoms with E-state index in [0.29, 0.717) is 15.6 Å². The van der Waals surface area contributed by atoms with Gasteiger partial charge in [0.2, 0.25) is 0 Å². The van der Waals surface area contributed by atoms with E-state index in [0.717, 1.165) is 18.8 Å². The molecule has 1 aliphatic carbocycles. The zero-order valence-electron chi connectivity index (χ0n) is 9.05. The van der Waals surface area contributed by atoms with Crippen molar-refractivity contribution in [2.24, 2.45) is 5.41 Å². The first-order chi connectivity index (χ1) is 7.69. The average Bonchev–Trinajstić information content (AvgIpc) is 2.66. The van der Waals surface area contributed by atoms with Gasteiger partial charge in [0.15, 0.2) is 0 Å². The second-order valence-corrected chi connectivity index (χ2v) is 5.78. The fourth-order valence-electron chi connectivity index (χ4n) is 2.87. The molecule has 1 saturated heterocycles. The first-order valence-corrected chi connectivity index (χ1v) is 6.50. The van der Waals surface area contributed by atoms with Crippen molar-refractivity contribution in [2.45, 2.75) is 25.7 Å². The van der Waals surface area contributed by atoms with Gasteiger partial charge in [-0.2, -0.15) is 0 Å². The van der Waals surface area contributed by atoms with E-state index in [1.165, 1.54) is 25.7 Å². The summed E-state index contributed by atoms with van der Waals surface area (Å²) in [5.74, 6) is 0. The van der Waals surface area contributed by atoms with Crippen LogP contribution in [0.1, 0.15) is 25.7 Å². The molecule has 2 fully saturated rings. The number of halogens is 2. The molecule has 3 rings (SSSR count). The lowest BCUT2D eigenvalue weighted by Crippen LogP contribution is -2.33. The van der Waals surface area contributed by atoms with Crippen LogP contribution < -0.4 is 4.90 Å². The van der Waals surface area contributed by atoms with E-state index in [-0.39, 0.29) is 0 Å². The minimum absolute atomic E-state index is 0.522. The van der Waals surface area contributed by atoms with Gasteiger partial charge in [0.1, 0.15) is 5.15 Å².